The molecule has 3 rings (SSSR count). The van der Waals surface area contributed by atoms with E-state index in [9.17, 15) is 18.0 Å². The molecule has 0 spiro atoms. The molecule has 0 saturated heterocycles. The van der Waals surface area contributed by atoms with E-state index in [-0.39, 0.29) is 17.3 Å². The van der Waals surface area contributed by atoms with Gasteiger partial charge in [-0.05, 0) is 74.7 Å². The minimum absolute atomic E-state index is 0.0801. The zero-order chi connectivity index (χ0) is 31.3. The number of ether oxygens (including phenoxy) is 2. The number of hydrogen-bond acceptors (Lipinski definition) is 7. The molecule has 42 heavy (non-hydrogen) atoms. The first-order chi connectivity index (χ1) is 20.0. The molecule has 0 aromatic heterocycles. The molecule has 0 bridgehead atoms. The van der Waals surface area contributed by atoms with Crippen LogP contribution in [-0.4, -0.2) is 56.3 Å². The Hall–Kier alpha value is -3.15. The lowest BCUT2D eigenvalue weighted by Crippen LogP contribution is -2.32. The second-order valence-corrected chi connectivity index (χ2v) is 11.7. The van der Waals surface area contributed by atoms with Crippen LogP contribution < -0.4 is 5.32 Å². The van der Waals surface area contributed by atoms with Gasteiger partial charge in [-0.15, -0.1) is 0 Å². The molecule has 3 aromatic rings. The van der Waals surface area contributed by atoms with Crippen molar-refractivity contribution in [2.45, 2.75) is 45.4 Å². The van der Waals surface area contributed by atoms with Crippen LogP contribution >= 0.6 is 23.2 Å². The summed E-state index contributed by atoms with van der Waals surface area (Å²) in [5, 5.41) is 12.9. The van der Waals surface area contributed by atoms with Gasteiger partial charge >= 0.3 is 11.9 Å². The summed E-state index contributed by atoms with van der Waals surface area (Å²) in [5.74, 6) is -1.55. The van der Waals surface area contributed by atoms with Crippen molar-refractivity contribution < 1.29 is 32.6 Å². The molecule has 0 saturated carbocycles. The number of hydrogen-bond donors (Lipinski definition) is 2. The SMILES string of the molecule is CCCN(CCC)S(=O)(=O)c1ccc(C(=O)O)cc1.CCOCOC(=O)c1ccccc1Nc1c(Cl)ccc(C)c1Cl. The average molecular weight is 640 g/mol. The van der Waals surface area contributed by atoms with E-state index in [1.54, 1.807) is 30.3 Å². The predicted molar refractivity (Wildman–Crippen MR) is 166 cm³/mol. The minimum atomic E-state index is -3.53. The normalized spacial score (nSPS) is 11.0. The van der Waals surface area contributed by atoms with Crippen LogP contribution in [0.1, 0.15) is 59.9 Å². The fourth-order valence-electron chi connectivity index (χ4n) is 3.70. The van der Waals surface area contributed by atoms with E-state index in [4.69, 9.17) is 37.8 Å². The van der Waals surface area contributed by atoms with Gasteiger partial charge in [-0.3, -0.25) is 0 Å². The van der Waals surface area contributed by atoms with E-state index >= 15 is 0 Å². The summed E-state index contributed by atoms with van der Waals surface area (Å²) in [6, 6.07) is 15.9. The average Bonchev–Trinajstić information content (AvgIpc) is 2.98. The second-order valence-electron chi connectivity index (χ2n) is 9.00. The molecule has 0 heterocycles. The number of carbonyl (C=O) groups excluding carboxylic acids is 1. The van der Waals surface area contributed by atoms with E-state index in [2.05, 4.69) is 5.32 Å². The van der Waals surface area contributed by atoms with Crippen molar-refractivity contribution in [2.24, 2.45) is 0 Å². The van der Waals surface area contributed by atoms with Crippen molar-refractivity contribution in [3.8, 4) is 0 Å². The molecule has 0 aliphatic heterocycles. The first kappa shape index (κ1) is 35.0. The Kier molecular flexibility index (Phi) is 14.3. The number of benzene rings is 3. The monoisotopic (exact) mass is 638 g/mol. The summed E-state index contributed by atoms with van der Waals surface area (Å²) >= 11 is 12.5. The Bertz CT molecular complexity index is 1440. The van der Waals surface area contributed by atoms with E-state index in [1.165, 1.54) is 28.6 Å². The number of aromatic carboxylic acids is 1. The van der Waals surface area contributed by atoms with Crippen molar-refractivity contribution in [3.63, 3.8) is 0 Å². The summed E-state index contributed by atoms with van der Waals surface area (Å²) in [7, 11) is -3.53. The smallest absolute Gasteiger partial charge is 0.342 e. The molecule has 0 atom stereocenters. The number of aryl methyl sites for hydroxylation is 1. The third kappa shape index (κ3) is 9.71. The number of halogens is 2. The van der Waals surface area contributed by atoms with Crippen LogP contribution in [0, 0.1) is 6.92 Å². The van der Waals surface area contributed by atoms with Crippen molar-refractivity contribution in [2.75, 3.05) is 31.8 Å². The number of esters is 1. The number of nitrogens with one attached hydrogen (secondary N) is 1. The fourth-order valence-corrected chi connectivity index (χ4v) is 5.79. The molecule has 0 aliphatic rings. The van der Waals surface area contributed by atoms with E-state index < -0.39 is 22.0 Å². The predicted octanol–water partition coefficient (Wildman–Crippen LogP) is 7.39. The maximum Gasteiger partial charge on any atom is 0.342 e. The maximum absolute atomic E-state index is 12.4. The number of carboxylic acid groups (broad SMARTS) is 1. The fraction of sp³-hybridized carbons (Fsp3) is 0.333. The molecule has 0 unspecified atom stereocenters. The van der Waals surface area contributed by atoms with Crippen LogP contribution in [0.3, 0.4) is 0 Å². The zero-order valence-electron chi connectivity index (χ0n) is 24.0. The quantitative estimate of drug-likeness (QED) is 0.113. The number of para-hydroxylation sites is 1. The Morgan fingerprint density at radius 2 is 1.55 bits per heavy atom. The summed E-state index contributed by atoms with van der Waals surface area (Å²) in [4.78, 5) is 23.0. The molecule has 0 amide bonds. The third-order valence-electron chi connectivity index (χ3n) is 5.85. The third-order valence-corrected chi connectivity index (χ3v) is 8.57. The Balaban J connectivity index is 0.000000299. The van der Waals surface area contributed by atoms with Crippen molar-refractivity contribution in [1.29, 1.82) is 0 Å². The largest absolute Gasteiger partial charge is 0.478 e. The van der Waals surface area contributed by atoms with Crippen LogP contribution in [-0.2, 0) is 19.5 Å². The Labute approximate surface area is 257 Å². The van der Waals surface area contributed by atoms with Gasteiger partial charge in [0, 0.05) is 19.7 Å². The summed E-state index contributed by atoms with van der Waals surface area (Å²) < 4.78 is 36.3. The number of rotatable bonds is 13. The lowest BCUT2D eigenvalue weighted by Gasteiger charge is -2.20. The first-order valence-corrected chi connectivity index (χ1v) is 15.6. The van der Waals surface area contributed by atoms with Gasteiger partial charge in [0.2, 0.25) is 10.0 Å². The molecule has 0 aliphatic carbocycles. The van der Waals surface area contributed by atoms with Gasteiger partial charge in [0.25, 0.3) is 0 Å². The summed E-state index contributed by atoms with van der Waals surface area (Å²) in [5.41, 5.74) is 2.45. The summed E-state index contributed by atoms with van der Waals surface area (Å²) in [6.45, 7) is 8.87. The van der Waals surface area contributed by atoms with Gasteiger partial charge in [-0.1, -0.05) is 55.2 Å². The highest BCUT2D eigenvalue weighted by Gasteiger charge is 2.23. The highest BCUT2D eigenvalue weighted by molar-refractivity contribution is 7.89. The standard InChI is InChI=1S/C17H17Cl2NO3.C13H19NO4S/c1-3-22-10-23-17(21)12-6-4-5-7-14(12)20-16-13(18)9-8-11(2)15(16)19;1-3-9-14(10-4-2)19(17,18)12-7-5-11(6-8-12)13(15)16/h4-9,20H,3,10H2,1-2H3;5-8H,3-4,9-10H2,1-2H3,(H,15,16). The molecular weight excluding hydrogens is 603 g/mol. The van der Waals surface area contributed by atoms with Crippen LogP contribution in [0.25, 0.3) is 0 Å². The highest BCUT2D eigenvalue weighted by atomic mass is 35.5. The van der Waals surface area contributed by atoms with Crippen LogP contribution in [0.5, 0.6) is 0 Å². The lowest BCUT2D eigenvalue weighted by atomic mass is 10.1. The van der Waals surface area contributed by atoms with Gasteiger partial charge in [-0.2, -0.15) is 4.31 Å². The number of carbonyl (C=O) groups is 2. The molecule has 0 fully saturated rings. The van der Waals surface area contributed by atoms with Gasteiger partial charge in [0.1, 0.15) is 0 Å². The molecule has 12 heteroatoms. The van der Waals surface area contributed by atoms with Crippen LogP contribution in [0.2, 0.25) is 10.0 Å². The lowest BCUT2D eigenvalue weighted by molar-refractivity contribution is -0.0273. The number of anilines is 2. The van der Waals surface area contributed by atoms with Crippen molar-refractivity contribution in [1.82, 2.24) is 4.31 Å². The topological polar surface area (TPSA) is 122 Å². The van der Waals surface area contributed by atoms with Crippen molar-refractivity contribution in [3.05, 3.63) is 87.4 Å². The summed E-state index contributed by atoms with van der Waals surface area (Å²) in [6.07, 6.45) is 1.48. The Morgan fingerprint density at radius 1 is 0.929 bits per heavy atom. The molecular formula is C30H36Cl2N2O7S. The van der Waals surface area contributed by atoms with Gasteiger partial charge in [0.05, 0.1) is 37.4 Å². The molecule has 0 radical (unpaired) electrons. The van der Waals surface area contributed by atoms with Crippen LogP contribution in [0.4, 0.5) is 11.4 Å². The van der Waals surface area contributed by atoms with Gasteiger partial charge in [-0.25, -0.2) is 18.0 Å². The zero-order valence-corrected chi connectivity index (χ0v) is 26.4. The number of nitrogens with zero attached hydrogens (tertiary/aromatic N) is 1. The van der Waals surface area contributed by atoms with E-state index in [0.29, 0.717) is 46.7 Å². The van der Waals surface area contributed by atoms with E-state index in [1.807, 2.05) is 33.8 Å². The highest BCUT2D eigenvalue weighted by Crippen LogP contribution is 2.36. The van der Waals surface area contributed by atoms with Crippen LogP contribution in [0.15, 0.2) is 65.6 Å². The number of sulfonamides is 1. The molecule has 9 nitrogen and oxygen atoms in total. The van der Waals surface area contributed by atoms with Gasteiger partial charge in [0.15, 0.2) is 6.79 Å². The molecule has 3 aromatic carbocycles. The van der Waals surface area contributed by atoms with Crippen molar-refractivity contribution >= 4 is 56.5 Å². The Morgan fingerprint density at radius 3 is 2.12 bits per heavy atom. The minimum Gasteiger partial charge on any atom is -0.478 e. The maximum atomic E-state index is 12.4. The van der Waals surface area contributed by atoms with Gasteiger partial charge < -0.3 is 19.9 Å². The number of carboxylic acids is 1. The first-order valence-electron chi connectivity index (χ1n) is 13.4. The molecule has 228 valence electrons. The second kappa shape index (κ2) is 17.1. The molecule has 2 N–H and O–H groups in total. The van der Waals surface area contributed by atoms with E-state index in [0.717, 1.165) is 18.4 Å².